The number of anilines is 1. The van der Waals surface area contributed by atoms with E-state index in [-0.39, 0.29) is 5.91 Å². The van der Waals surface area contributed by atoms with Crippen LogP contribution in [0.2, 0.25) is 0 Å². The highest BCUT2D eigenvalue weighted by Crippen LogP contribution is 2.25. The number of hydrogen-bond donors (Lipinski definition) is 1. The number of nitrogens with one attached hydrogen (secondary N) is 1. The minimum absolute atomic E-state index is 0.00907. The molecule has 0 atom stereocenters. The molecule has 100 valence electrons. The van der Waals surface area contributed by atoms with Gasteiger partial charge in [0.15, 0.2) is 0 Å². The van der Waals surface area contributed by atoms with E-state index in [4.69, 9.17) is 0 Å². The molecule has 2 aromatic rings. The molecule has 1 aromatic carbocycles. The number of aryl methyl sites for hydroxylation is 4. The summed E-state index contributed by atoms with van der Waals surface area (Å²) in [6.45, 7) is 8.21. The van der Waals surface area contributed by atoms with E-state index in [1.165, 1.54) is 10.4 Å². The number of benzene rings is 1. The van der Waals surface area contributed by atoms with Crippen molar-refractivity contribution in [3.8, 4) is 0 Å². The third kappa shape index (κ3) is 2.87. The number of hydrogen-bond acceptors (Lipinski definition) is 2. The van der Waals surface area contributed by atoms with Crippen molar-refractivity contribution >= 4 is 22.9 Å². The van der Waals surface area contributed by atoms with E-state index >= 15 is 0 Å². The Morgan fingerprint density at radius 1 is 1.16 bits per heavy atom. The highest BCUT2D eigenvalue weighted by molar-refractivity contribution is 7.14. The lowest BCUT2D eigenvalue weighted by Gasteiger charge is -2.10. The van der Waals surface area contributed by atoms with Crippen LogP contribution >= 0.6 is 11.3 Å². The Kier molecular flexibility index (Phi) is 4.05. The van der Waals surface area contributed by atoms with Crippen LogP contribution in [0, 0.1) is 20.8 Å². The van der Waals surface area contributed by atoms with Gasteiger partial charge in [0.05, 0.1) is 4.88 Å². The smallest absolute Gasteiger partial charge is 0.265 e. The van der Waals surface area contributed by atoms with E-state index in [1.807, 2.05) is 38.1 Å². The third-order valence-electron chi connectivity index (χ3n) is 3.29. The van der Waals surface area contributed by atoms with Gasteiger partial charge in [0.1, 0.15) is 0 Å². The molecule has 0 aliphatic rings. The molecular weight excluding hydrogens is 254 g/mol. The predicted molar refractivity (Wildman–Crippen MR) is 82.3 cm³/mol. The first kappa shape index (κ1) is 13.8. The van der Waals surface area contributed by atoms with Crippen LogP contribution < -0.4 is 5.32 Å². The Hall–Kier alpha value is -1.61. The van der Waals surface area contributed by atoms with Crippen LogP contribution in [-0.4, -0.2) is 5.91 Å². The third-order valence-corrected chi connectivity index (χ3v) is 4.67. The Morgan fingerprint density at radius 3 is 2.32 bits per heavy atom. The SMILES string of the molecule is CCc1sc(C(=O)Nc2c(C)cccc2C)cc1C. The van der Waals surface area contributed by atoms with Crippen LogP contribution in [0.4, 0.5) is 5.69 Å². The first-order valence-corrected chi connectivity index (χ1v) is 7.31. The van der Waals surface area contributed by atoms with Gasteiger partial charge in [0.2, 0.25) is 0 Å². The lowest BCUT2D eigenvalue weighted by Crippen LogP contribution is -2.12. The molecule has 0 saturated heterocycles. The second-order valence-corrected chi connectivity index (χ2v) is 5.93. The van der Waals surface area contributed by atoms with Crippen LogP contribution in [-0.2, 0) is 6.42 Å². The van der Waals surface area contributed by atoms with Crippen molar-refractivity contribution in [1.29, 1.82) is 0 Å². The number of rotatable bonds is 3. The lowest BCUT2D eigenvalue weighted by atomic mass is 10.1. The summed E-state index contributed by atoms with van der Waals surface area (Å²) in [6, 6.07) is 8.01. The minimum Gasteiger partial charge on any atom is -0.321 e. The Morgan fingerprint density at radius 2 is 1.79 bits per heavy atom. The van der Waals surface area contributed by atoms with Gasteiger partial charge in [-0.3, -0.25) is 4.79 Å². The van der Waals surface area contributed by atoms with Crippen molar-refractivity contribution in [2.75, 3.05) is 5.32 Å². The summed E-state index contributed by atoms with van der Waals surface area (Å²) < 4.78 is 0. The second kappa shape index (κ2) is 5.57. The molecule has 2 rings (SSSR count). The van der Waals surface area contributed by atoms with Crippen LogP contribution in [0.15, 0.2) is 24.3 Å². The summed E-state index contributed by atoms with van der Waals surface area (Å²) in [5.74, 6) is -0.00907. The largest absolute Gasteiger partial charge is 0.321 e. The minimum atomic E-state index is -0.00907. The molecule has 0 bridgehead atoms. The molecule has 0 aliphatic heterocycles. The average molecular weight is 273 g/mol. The van der Waals surface area contributed by atoms with E-state index in [1.54, 1.807) is 11.3 Å². The first-order chi connectivity index (χ1) is 9.02. The fourth-order valence-electron chi connectivity index (χ4n) is 2.17. The summed E-state index contributed by atoms with van der Waals surface area (Å²) in [6.07, 6.45) is 0.979. The fraction of sp³-hybridized carbons (Fsp3) is 0.312. The zero-order chi connectivity index (χ0) is 14.0. The molecule has 2 nitrogen and oxygen atoms in total. The van der Waals surface area contributed by atoms with Crippen molar-refractivity contribution in [3.63, 3.8) is 0 Å². The predicted octanol–water partition coefficient (Wildman–Crippen LogP) is 4.49. The molecule has 19 heavy (non-hydrogen) atoms. The molecule has 1 heterocycles. The summed E-state index contributed by atoms with van der Waals surface area (Å²) in [7, 11) is 0. The van der Waals surface area contributed by atoms with E-state index < -0.39 is 0 Å². The van der Waals surface area contributed by atoms with Gasteiger partial charge in [-0.05, 0) is 49.9 Å². The van der Waals surface area contributed by atoms with Crippen LogP contribution in [0.25, 0.3) is 0 Å². The number of thiophene rings is 1. The van der Waals surface area contributed by atoms with Gasteiger partial charge in [0, 0.05) is 10.6 Å². The molecular formula is C16H19NOS. The standard InChI is InChI=1S/C16H19NOS/c1-5-13-12(4)9-14(19-13)16(18)17-15-10(2)7-6-8-11(15)3/h6-9H,5H2,1-4H3,(H,17,18). The molecule has 0 fully saturated rings. The normalized spacial score (nSPS) is 10.5. The molecule has 0 aliphatic carbocycles. The molecule has 0 saturated carbocycles. The van der Waals surface area contributed by atoms with Crippen molar-refractivity contribution in [1.82, 2.24) is 0 Å². The molecule has 1 amide bonds. The Balaban J connectivity index is 2.25. The molecule has 0 radical (unpaired) electrons. The summed E-state index contributed by atoms with van der Waals surface area (Å²) >= 11 is 1.59. The van der Waals surface area contributed by atoms with Crippen LogP contribution in [0.5, 0.6) is 0 Å². The summed E-state index contributed by atoms with van der Waals surface area (Å²) in [5.41, 5.74) is 4.32. The maximum Gasteiger partial charge on any atom is 0.265 e. The van der Waals surface area contributed by atoms with Gasteiger partial charge in [0.25, 0.3) is 5.91 Å². The Bertz CT molecular complexity index is 593. The summed E-state index contributed by atoms with van der Waals surface area (Å²) in [4.78, 5) is 14.4. The van der Waals surface area contributed by atoms with Crippen LogP contribution in [0.3, 0.4) is 0 Å². The lowest BCUT2D eigenvalue weighted by molar-refractivity contribution is 0.103. The number of carbonyl (C=O) groups is 1. The van der Waals surface area contributed by atoms with Crippen molar-refractivity contribution < 1.29 is 4.79 Å². The quantitative estimate of drug-likeness (QED) is 0.877. The number of amides is 1. The Labute approximate surface area is 118 Å². The van der Waals surface area contributed by atoms with E-state index in [2.05, 4.69) is 19.2 Å². The van der Waals surface area contributed by atoms with Gasteiger partial charge in [-0.15, -0.1) is 11.3 Å². The maximum absolute atomic E-state index is 12.3. The van der Waals surface area contributed by atoms with Crippen molar-refractivity contribution in [2.45, 2.75) is 34.1 Å². The van der Waals surface area contributed by atoms with Gasteiger partial charge >= 0.3 is 0 Å². The average Bonchev–Trinajstić information content (AvgIpc) is 2.75. The van der Waals surface area contributed by atoms with Crippen molar-refractivity contribution in [2.24, 2.45) is 0 Å². The molecule has 3 heteroatoms. The first-order valence-electron chi connectivity index (χ1n) is 6.49. The van der Waals surface area contributed by atoms with Crippen molar-refractivity contribution in [3.05, 3.63) is 50.7 Å². The van der Waals surface area contributed by atoms with E-state index in [0.29, 0.717) is 0 Å². The van der Waals surface area contributed by atoms with Gasteiger partial charge < -0.3 is 5.32 Å². The fourth-order valence-corrected chi connectivity index (χ4v) is 3.18. The summed E-state index contributed by atoms with van der Waals surface area (Å²) in [5, 5.41) is 3.03. The van der Waals surface area contributed by atoms with Gasteiger partial charge in [-0.1, -0.05) is 25.1 Å². The topological polar surface area (TPSA) is 29.1 Å². The molecule has 0 spiro atoms. The second-order valence-electron chi connectivity index (χ2n) is 4.79. The van der Waals surface area contributed by atoms with Crippen LogP contribution in [0.1, 0.15) is 38.2 Å². The maximum atomic E-state index is 12.3. The molecule has 1 N–H and O–H groups in total. The highest BCUT2D eigenvalue weighted by Gasteiger charge is 2.13. The number of para-hydroxylation sites is 1. The zero-order valence-electron chi connectivity index (χ0n) is 11.8. The van der Waals surface area contributed by atoms with E-state index in [0.717, 1.165) is 28.1 Å². The zero-order valence-corrected chi connectivity index (χ0v) is 12.6. The van der Waals surface area contributed by atoms with Gasteiger partial charge in [-0.2, -0.15) is 0 Å². The monoisotopic (exact) mass is 273 g/mol. The highest BCUT2D eigenvalue weighted by atomic mass is 32.1. The molecule has 1 aromatic heterocycles. The number of carbonyl (C=O) groups excluding carboxylic acids is 1. The molecule has 0 unspecified atom stereocenters. The van der Waals surface area contributed by atoms with E-state index in [9.17, 15) is 4.79 Å². The van der Waals surface area contributed by atoms with Gasteiger partial charge in [-0.25, -0.2) is 0 Å².